The number of thiophene rings is 1. The number of nitrogens with one attached hydrogen (secondary N) is 2. The fraction of sp³-hybridized carbons (Fsp3) is 0.684. The van der Waals surface area contributed by atoms with Crippen LogP contribution in [-0.2, 0) is 17.8 Å². The number of fused-ring (bicyclic) bond motifs is 1. The number of hydrogen-bond acceptors (Lipinski definition) is 3. The van der Waals surface area contributed by atoms with E-state index in [1.807, 2.05) is 4.90 Å². The second-order valence-electron chi connectivity index (χ2n) is 6.43. The highest BCUT2D eigenvalue weighted by Crippen LogP contribution is 2.24. The van der Waals surface area contributed by atoms with E-state index < -0.39 is 0 Å². The van der Waals surface area contributed by atoms with Gasteiger partial charge in [0.15, 0.2) is 5.96 Å². The number of amides is 1. The largest absolute Gasteiger partial charge is 0.357 e. The van der Waals surface area contributed by atoms with Crippen molar-refractivity contribution >= 4 is 47.2 Å². The third-order valence-electron chi connectivity index (χ3n) is 4.42. The Hall–Kier alpha value is -0.830. The highest BCUT2D eigenvalue weighted by molar-refractivity contribution is 14.0. The van der Waals surface area contributed by atoms with E-state index in [1.54, 1.807) is 11.3 Å². The van der Waals surface area contributed by atoms with Crippen LogP contribution in [0.5, 0.6) is 0 Å². The van der Waals surface area contributed by atoms with Crippen molar-refractivity contribution in [2.45, 2.75) is 58.9 Å². The van der Waals surface area contributed by atoms with Crippen LogP contribution in [0, 0.1) is 0 Å². The van der Waals surface area contributed by atoms with Crippen LogP contribution >= 0.6 is 35.3 Å². The lowest BCUT2D eigenvalue weighted by molar-refractivity contribution is -0.131. The van der Waals surface area contributed by atoms with Crippen LogP contribution in [0.1, 0.15) is 56.4 Å². The van der Waals surface area contributed by atoms with Gasteiger partial charge in [-0.1, -0.05) is 26.2 Å². The lowest BCUT2D eigenvalue weighted by Gasteiger charge is -2.27. The molecule has 26 heavy (non-hydrogen) atoms. The summed E-state index contributed by atoms with van der Waals surface area (Å²) in [6.45, 7) is 8.20. The number of unbranched alkanes of at least 4 members (excludes halogenated alkanes) is 3. The molecule has 2 rings (SSSR count). The molecule has 0 radical (unpaired) electrons. The van der Waals surface area contributed by atoms with Crippen LogP contribution in [0.25, 0.3) is 0 Å². The van der Waals surface area contributed by atoms with Crippen molar-refractivity contribution < 1.29 is 4.79 Å². The molecule has 148 valence electrons. The number of guanidine groups is 1. The van der Waals surface area contributed by atoms with E-state index >= 15 is 0 Å². The predicted molar refractivity (Wildman–Crippen MR) is 122 cm³/mol. The first-order valence-corrected chi connectivity index (χ1v) is 10.5. The van der Waals surface area contributed by atoms with Crippen molar-refractivity contribution in [1.29, 1.82) is 0 Å². The summed E-state index contributed by atoms with van der Waals surface area (Å²) >= 11 is 1.80. The summed E-state index contributed by atoms with van der Waals surface area (Å²) < 4.78 is 0. The number of rotatable bonds is 9. The van der Waals surface area contributed by atoms with Crippen molar-refractivity contribution in [2.24, 2.45) is 4.99 Å². The maximum Gasteiger partial charge on any atom is 0.224 e. The van der Waals surface area contributed by atoms with E-state index in [1.165, 1.54) is 29.7 Å². The van der Waals surface area contributed by atoms with Crippen molar-refractivity contribution in [3.8, 4) is 0 Å². The van der Waals surface area contributed by atoms with Gasteiger partial charge in [0.2, 0.25) is 5.91 Å². The second kappa shape index (κ2) is 13.4. The molecule has 0 aliphatic carbocycles. The first-order valence-electron chi connectivity index (χ1n) is 9.59. The van der Waals surface area contributed by atoms with E-state index in [9.17, 15) is 4.79 Å². The number of halogens is 1. The number of hydrogen-bond donors (Lipinski definition) is 2. The first-order chi connectivity index (χ1) is 12.2. The summed E-state index contributed by atoms with van der Waals surface area (Å²) in [5.74, 6) is 1.05. The Kier molecular flexibility index (Phi) is 11.9. The SMILES string of the molecule is CCCCCCN=C(NCC)NCCC(=O)N1CCc2sccc2C1.I. The molecule has 1 aromatic heterocycles. The van der Waals surface area contributed by atoms with Gasteiger partial charge in [-0.3, -0.25) is 9.79 Å². The summed E-state index contributed by atoms with van der Waals surface area (Å²) in [5, 5.41) is 8.67. The molecule has 0 fully saturated rings. The molecule has 7 heteroatoms. The number of carbonyl (C=O) groups is 1. The van der Waals surface area contributed by atoms with Crippen LogP contribution < -0.4 is 10.6 Å². The Balaban J connectivity index is 0.00000338. The van der Waals surface area contributed by atoms with Gasteiger partial charge in [-0.2, -0.15) is 0 Å². The Morgan fingerprint density at radius 1 is 1.27 bits per heavy atom. The highest BCUT2D eigenvalue weighted by atomic mass is 127. The molecular weight excluding hydrogens is 459 g/mol. The van der Waals surface area contributed by atoms with Crippen molar-refractivity contribution in [2.75, 3.05) is 26.2 Å². The highest BCUT2D eigenvalue weighted by Gasteiger charge is 2.20. The van der Waals surface area contributed by atoms with Crippen LogP contribution in [0.3, 0.4) is 0 Å². The van der Waals surface area contributed by atoms with Crippen molar-refractivity contribution in [3.63, 3.8) is 0 Å². The van der Waals surface area contributed by atoms with Gasteiger partial charge in [-0.15, -0.1) is 35.3 Å². The van der Waals surface area contributed by atoms with Crippen LogP contribution in [0.15, 0.2) is 16.4 Å². The Morgan fingerprint density at radius 2 is 2.12 bits per heavy atom. The third-order valence-corrected chi connectivity index (χ3v) is 5.44. The molecule has 0 bridgehead atoms. The maximum atomic E-state index is 12.4. The molecule has 0 atom stereocenters. The molecule has 0 saturated heterocycles. The van der Waals surface area contributed by atoms with Gasteiger partial charge in [0, 0.05) is 44.0 Å². The quantitative estimate of drug-likeness (QED) is 0.239. The third kappa shape index (κ3) is 7.82. The standard InChI is InChI=1S/C19H32N4OS.HI/c1-3-5-6-7-11-21-19(20-4-2)22-12-8-18(24)23-13-9-17-16(15-23)10-14-25-17;/h10,14H,3-9,11-13,15H2,1-2H3,(H2,20,21,22);1H. The lowest BCUT2D eigenvalue weighted by Crippen LogP contribution is -2.41. The van der Waals surface area contributed by atoms with Crippen molar-refractivity contribution in [3.05, 3.63) is 21.9 Å². The molecular formula is C19H33IN4OS. The van der Waals surface area contributed by atoms with Crippen LogP contribution in [0.2, 0.25) is 0 Å². The molecule has 0 unspecified atom stereocenters. The summed E-state index contributed by atoms with van der Waals surface area (Å²) in [4.78, 5) is 20.4. The number of carbonyl (C=O) groups excluding carboxylic acids is 1. The molecule has 0 saturated carbocycles. The fourth-order valence-electron chi connectivity index (χ4n) is 2.98. The predicted octanol–water partition coefficient (Wildman–Crippen LogP) is 3.78. The average Bonchev–Trinajstić information content (AvgIpc) is 3.09. The van der Waals surface area contributed by atoms with Gasteiger partial charge < -0.3 is 15.5 Å². The van der Waals surface area contributed by atoms with E-state index in [2.05, 4.69) is 40.9 Å². The zero-order valence-electron chi connectivity index (χ0n) is 16.1. The monoisotopic (exact) mass is 492 g/mol. The molecule has 1 aliphatic heterocycles. The smallest absolute Gasteiger partial charge is 0.224 e. The normalized spacial score (nSPS) is 13.8. The van der Waals surface area contributed by atoms with Crippen molar-refractivity contribution in [1.82, 2.24) is 15.5 Å². The fourth-order valence-corrected chi connectivity index (χ4v) is 3.87. The van der Waals surface area contributed by atoms with E-state index in [4.69, 9.17) is 0 Å². The molecule has 1 aromatic rings. The Bertz CT molecular complexity index is 561. The minimum Gasteiger partial charge on any atom is -0.357 e. The number of aliphatic imine (C=N–C) groups is 1. The molecule has 5 nitrogen and oxygen atoms in total. The Morgan fingerprint density at radius 3 is 2.88 bits per heavy atom. The lowest BCUT2D eigenvalue weighted by atomic mass is 10.1. The van der Waals surface area contributed by atoms with Gasteiger partial charge >= 0.3 is 0 Å². The molecule has 0 aromatic carbocycles. The topological polar surface area (TPSA) is 56.7 Å². The second-order valence-corrected chi connectivity index (χ2v) is 7.43. The summed E-state index contributed by atoms with van der Waals surface area (Å²) in [6, 6.07) is 2.15. The molecule has 1 aliphatic rings. The van der Waals surface area contributed by atoms with Gasteiger partial charge in [0.1, 0.15) is 0 Å². The minimum atomic E-state index is 0. The Labute approximate surface area is 179 Å². The average molecular weight is 492 g/mol. The molecule has 2 N–H and O–H groups in total. The van der Waals surface area contributed by atoms with Gasteiger partial charge in [0.25, 0.3) is 0 Å². The zero-order valence-corrected chi connectivity index (χ0v) is 19.2. The molecule has 1 amide bonds. The van der Waals surface area contributed by atoms with E-state index in [0.29, 0.717) is 13.0 Å². The molecule has 2 heterocycles. The maximum absolute atomic E-state index is 12.4. The van der Waals surface area contributed by atoms with Crippen LogP contribution in [-0.4, -0.2) is 42.9 Å². The summed E-state index contributed by atoms with van der Waals surface area (Å²) in [5.41, 5.74) is 1.32. The number of nitrogens with zero attached hydrogens (tertiary/aromatic N) is 2. The molecule has 0 spiro atoms. The first kappa shape index (κ1) is 23.2. The van der Waals surface area contributed by atoms with E-state index in [0.717, 1.165) is 45.0 Å². The van der Waals surface area contributed by atoms with Crippen LogP contribution in [0.4, 0.5) is 0 Å². The summed E-state index contributed by atoms with van der Waals surface area (Å²) in [7, 11) is 0. The van der Waals surface area contributed by atoms with Gasteiger partial charge in [-0.05, 0) is 36.8 Å². The minimum absolute atomic E-state index is 0. The zero-order chi connectivity index (χ0) is 17.9. The summed E-state index contributed by atoms with van der Waals surface area (Å²) in [6.07, 6.45) is 6.38. The van der Waals surface area contributed by atoms with Gasteiger partial charge in [-0.25, -0.2) is 0 Å². The van der Waals surface area contributed by atoms with Gasteiger partial charge in [0.05, 0.1) is 0 Å². The van der Waals surface area contributed by atoms with E-state index in [-0.39, 0.29) is 29.9 Å².